The van der Waals surface area contributed by atoms with Crippen LogP contribution in [0.2, 0.25) is 5.02 Å². The monoisotopic (exact) mass is 331 g/mol. The Balaban J connectivity index is 1.86. The summed E-state index contributed by atoms with van der Waals surface area (Å²) in [5, 5.41) is 0.419. The van der Waals surface area contributed by atoms with E-state index in [1.165, 1.54) is 6.20 Å². The summed E-state index contributed by atoms with van der Waals surface area (Å²) in [4.78, 5) is 17.6. The van der Waals surface area contributed by atoms with Crippen molar-refractivity contribution in [2.24, 2.45) is 5.73 Å². The van der Waals surface area contributed by atoms with Crippen LogP contribution < -0.4 is 10.6 Å². The molecule has 1 aliphatic heterocycles. The molecule has 5 nitrogen and oxygen atoms in total. The van der Waals surface area contributed by atoms with Crippen molar-refractivity contribution in [2.45, 2.75) is 19.1 Å². The van der Waals surface area contributed by atoms with E-state index in [4.69, 9.17) is 22.1 Å². The number of aromatic nitrogens is 1. The van der Waals surface area contributed by atoms with Gasteiger partial charge in [0.05, 0.1) is 16.7 Å². The van der Waals surface area contributed by atoms with E-state index >= 15 is 0 Å². The first kappa shape index (κ1) is 15.8. The number of carbonyl (C=O) groups is 1. The zero-order chi connectivity index (χ0) is 16.4. The number of hydrogen-bond acceptors (Lipinski definition) is 4. The highest BCUT2D eigenvalue weighted by molar-refractivity contribution is 6.33. The van der Waals surface area contributed by atoms with Crippen LogP contribution in [0, 0.1) is 0 Å². The standard InChI is InChI=1S/C17H18ClN3O2/c1-11-9-21(10-15(23-11)12-5-3-2-4-6-12)17-14(18)7-13(8-20-17)16(19)22/h2-8,11,15H,9-10H2,1H3,(H2,19,22)/t11-,15-/m1/s1. The average molecular weight is 332 g/mol. The Kier molecular flexibility index (Phi) is 4.50. The molecule has 2 atom stereocenters. The predicted molar refractivity (Wildman–Crippen MR) is 89.7 cm³/mol. The maximum atomic E-state index is 11.2. The van der Waals surface area contributed by atoms with Gasteiger partial charge < -0.3 is 15.4 Å². The Labute approximate surface area is 140 Å². The number of carbonyl (C=O) groups excluding carboxylic acids is 1. The number of morpholine rings is 1. The van der Waals surface area contributed by atoms with E-state index in [1.54, 1.807) is 6.07 Å². The highest BCUT2D eigenvalue weighted by atomic mass is 35.5. The Morgan fingerprint density at radius 1 is 1.35 bits per heavy atom. The van der Waals surface area contributed by atoms with Crippen molar-refractivity contribution in [2.75, 3.05) is 18.0 Å². The highest BCUT2D eigenvalue weighted by Crippen LogP contribution is 2.31. The Hall–Kier alpha value is -2.11. The third kappa shape index (κ3) is 3.46. The summed E-state index contributed by atoms with van der Waals surface area (Å²) < 4.78 is 6.04. The number of hydrogen-bond donors (Lipinski definition) is 1. The van der Waals surface area contributed by atoms with Crippen LogP contribution in [0.3, 0.4) is 0 Å². The maximum Gasteiger partial charge on any atom is 0.250 e. The molecule has 1 aromatic heterocycles. The summed E-state index contributed by atoms with van der Waals surface area (Å²) in [5.74, 6) is 0.108. The summed E-state index contributed by atoms with van der Waals surface area (Å²) in [7, 11) is 0. The SMILES string of the molecule is C[C@@H]1CN(c2ncc(C(N)=O)cc2Cl)C[C@H](c2ccccc2)O1. The van der Waals surface area contributed by atoms with Crippen molar-refractivity contribution < 1.29 is 9.53 Å². The number of nitrogens with zero attached hydrogens (tertiary/aromatic N) is 2. The van der Waals surface area contributed by atoms with E-state index in [2.05, 4.69) is 9.88 Å². The van der Waals surface area contributed by atoms with Crippen molar-refractivity contribution in [3.05, 3.63) is 58.7 Å². The predicted octanol–water partition coefficient (Wildman–Crippen LogP) is 2.80. The molecule has 1 aromatic carbocycles. The van der Waals surface area contributed by atoms with Crippen molar-refractivity contribution >= 4 is 23.3 Å². The van der Waals surface area contributed by atoms with Crippen LogP contribution in [0.5, 0.6) is 0 Å². The van der Waals surface area contributed by atoms with E-state index in [0.717, 1.165) is 5.56 Å². The summed E-state index contributed by atoms with van der Waals surface area (Å²) in [6, 6.07) is 11.6. The van der Waals surface area contributed by atoms with E-state index in [-0.39, 0.29) is 12.2 Å². The summed E-state index contributed by atoms with van der Waals surface area (Å²) in [6.45, 7) is 3.36. The molecule has 1 saturated heterocycles. The van der Waals surface area contributed by atoms with Gasteiger partial charge in [0.15, 0.2) is 0 Å². The molecule has 0 bridgehead atoms. The van der Waals surface area contributed by atoms with Crippen LogP contribution in [-0.4, -0.2) is 30.1 Å². The number of ether oxygens (including phenoxy) is 1. The second-order valence-electron chi connectivity index (χ2n) is 5.64. The zero-order valence-electron chi connectivity index (χ0n) is 12.8. The molecule has 1 amide bonds. The van der Waals surface area contributed by atoms with Gasteiger partial charge in [-0.3, -0.25) is 4.79 Å². The van der Waals surface area contributed by atoms with E-state index in [9.17, 15) is 4.79 Å². The smallest absolute Gasteiger partial charge is 0.250 e. The minimum Gasteiger partial charge on any atom is -0.367 e. The molecule has 2 heterocycles. The van der Waals surface area contributed by atoms with Crippen molar-refractivity contribution in [1.82, 2.24) is 4.98 Å². The minimum absolute atomic E-state index is 0.0441. The number of nitrogens with two attached hydrogens (primary N) is 1. The topological polar surface area (TPSA) is 68.5 Å². The first-order chi connectivity index (χ1) is 11.0. The third-order valence-electron chi connectivity index (χ3n) is 3.84. The van der Waals surface area contributed by atoms with Gasteiger partial charge in [0, 0.05) is 19.3 Å². The number of rotatable bonds is 3. The molecule has 120 valence electrons. The lowest BCUT2D eigenvalue weighted by Crippen LogP contribution is -2.43. The summed E-state index contributed by atoms with van der Waals surface area (Å²) in [6.07, 6.45) is 1.46. The first-order valence-corrected chi connectivity index (χ1v) is 7.83. The van der Waals surface area contributed by atoms with Crippen LogP contribution in [0.25, 0.3) is 0 Å². The normalized spacial score (nSPS) is 21.2. The number of halogens is 1. The fourth-order valence-electron chi connectivity index (χ4n) is 2.77. The molecule has 0 radical (unpaired) electrons. The van der Waals surface area contributed by atoms with Gasteiger partial charge in [0.2, 0.25) is 5.91 Å². The Morgan fingerprint density at radius 2 is 2.09 bits per heavy atom. The Bertz CT molecular complexity index is 708. The van der Waals surface area contributed by atoms with Gasteiger partial charge in [-0.2, -0.15) is 0 Å². The largest absolute Gasteiger partial charge is 0.367 e. The van der Waals surface area contributed by atoms with E-state index < -0.39 is 5.91 Å². The highest BCUT2D eigenvalue weighted by Gasteiger charge is 2.28. The number of amides is 1. The molecule has 6 heteroatoms. The maximum absolute atomic E-state index is 11.2. The van der Waals surface area contributed by atoms with Gasteiger partial charge in [-0.1, -0.05) is 41.9 Å². The molecule has 1 aliphatic rings. The van der Waals surface area contributed by atoms with E-state index in [0.29, 0.717) is 29.5 Å². The Morgan fingerprint density at radius 3 is 2.74 bits per heavy atom. The summed E-state index contributed by atoms with van der Waals surface area (Å²) in [5.41, 5.74) is 6.68. The molecule has 0 unspecified atom stereocenters. The molecule has 23 heavy (non-hydrogen) atoms. The molecule has 3 rings (SSSR count). The molecule has 2 aromatic rings. The second-order valence-corrected chi connectivity index (χ2v) is 6.05. The lowest BCUT2D eigenvalue weighted by Gasteiger charge is -2.38. The van der Waals surface area contributed by atoms with Crippen LogP contribution in [-0.2, 0) is 4.74 Å². The summed E-state index contributed by atoms with van der Waals surface area (Å²) >= 11 is 6.30. The second kappa shape index (κ2) is 6.56. The van der Waals surface area contributed by atoms with Crippen LogP contribution >= 0.6 is 11.6 Å². The zero-order valence-corrected chi connectivity index (χ0v) is 13.5. The number of benzene rings is 1. The third-order valence-corrected chi connectivity index (χ3v) is 4.12. The number of pyridine rings is 1. The molecule has 2 N–H and O–H groups in total. The fourth-order valence-corrected chi connectivity index (χ4v) is 3.06. The van der Waals surface area contributed by atoms with Crippen molar-refractivity contribution in [3.63, 3.8) is 0 Å². The average Bonchev–Trinajstić information content (AvgIpc) is 2.55. The molecule has 1 fully saturated rings. The van der Waals surface area contributed by atoms with Gasteiger partial charge in [-0.05, 0) is 18.6 Å². The number of primary amides is 1. The van der Waals surface area contributed by atoms with Crippen LogP contribution in [0.1, 0.15) is 28.9 Å². The lowest BCUT2D eigenvalue weighted by atomic mass is 10.1. The van der Waals surface area contributed by atoms with E-state index in [1.807, 2.05) is 37.3 Å². The van der Waals surface area contributed by atoms with Gasteiger partial charge in [-0.25, -0.2) is 4.98 Å². The molecule has 0 spiro atoms. The van der Waals surface area contributed by atoms with Gasteiger partial charge in [0.1, 0.15) is 11.9 Å². The lowest BCUT2D eigenvalue weighted by molar-refractivity contribution is -0.0176. The quantitative estimate of drug-likeness (QED) is 0.939. The molecular weight excluding hydrogens is 314 g/mol. The molecular formula is C17H18ClN3O2. The van der Waals surface area contributed by atoms with Gasteiger partial charge in [0.25, 0.3) is 0 Å². The van der Waals surface area contributed by atoms with Gasteiger partial charge >= 0.3 is 0 Å². The van der Waals surface area contributed by atoms with Crippen molar-refractivity contribution in [3.8, 4) is 0 Å². The molecule has 0 aliphatic carbocycles. The van der Waals surface area contributed by atoms with Crippen LogP contribution in [0.4, 0.5) is 5.82 Å². The first-order valence-electron chi connectivity index (χ1n) is 7.45. The minimum atomic E-state index is -0.538. The molecule has 0 saturated carbocycles. The van der Waals surface area contributed by atoms with Crippen LogP contribution in [0.15, 0.2) is 42.6 Å². The number of anilines is 1. The van der Waals surface area contributed by atoms with Crippen molar-refractivity contribution in [1.29, 1.82) is 0 Å². The van der Waals surface area contributed by atoms with Gasteiger partial charge in [-0.15, -0.1) is 0 Å². The fraction of sp³-hybridized carbons (Fsp3) is 0.294.